The fourth-order valence-corrected chi connectivity index (χ4v) is 4.59. The Morgan fingerprint density at radius 2 is 1.54 bits per heavy atom. The lowest BCUT2D eigenvalue weighted by Crippen LogP contribution is -2.15. The van der Waals surface area contributed by atoms with Crippen LogP contribution in [0.3, 0.4) is 0 Å². The smallest absolute Gasteiger partial charge is 0.339 e. The Morgan fingerprint density at radius 1 is 1.00 bits per heavy atom. The van der Waals surface area contributed by atoms with Gasteiger partial charge < -0.3 is 14.9 Å². The molecule has 0 amide bonds. The van der Waals surface area contributed by atoms with Crippen LogP contribution in [-0.2, 0) is 0 Å². The van der Waals surface area contributed by atoms with E-state index in [4.69, 9.17) is 4.74 Å². The molecule has 0 saturated heterocycles. The number of carboxylic acid groups (broad SMARTS) is 1. The average Bonchev–Trinajstić information content (AvgIpc) is 2.62. The molecule has 0 bridgehead atoms. The number of carbonyl (C=O) groups is 1. The lowest BCUT2D eigenvalue weighted by Gasteiger charge is -2.29. The Bertz CT molecular complexity index is 596. The third-order valence-corrected chi connectivity index (χ3v) is 5.82. The van der Waals surface area contributed by atoms with Gasteiger partial charge in [0.2, 0.25) is 0 Å². The molecule has 1 aromatic carbocycles. The summed E-state index contributed by atoms with van der Waals surface area (Å²) < 4.78 is 5.60. The summed E-state index contributed by atoms with van der Waals surface area (Å²) >= 11 is 0. The Balaban J connectivity index is 2.10. The maximum Gasteiger partial charge on any atom is 0.339 e. The van der Waals surface area contributed by atoms with Gasteiger partial charge in [0.05, 0.1) is 7.11 Å². The van der Waals surface area contributed by atoms with Crippen molar-refractivity contribution in [3.63, 3.8) is 0 Å². The summed E-state index contributed by atoms with van der Waals surface area (Å²) in [6.45, 7) is 0. The summed E-state index contributed by atoms with van der Waals surface area (Å²) in [5.74, 6) is 0.00902. The molecule has 2 N–H and O–H groups in total. The number of hydrogen-bond donors (Lipinski definition) is 2. The van der Waals surface area contributed by atoms with Crippen molar-refractivity contribution < 1.29 is 19.7 Å². The van der Waals surface area contributed by atoms with Crippen LogP contribution in [0.5, 0.6) is 11.5 Å². The van der Waals surface area contributed by atoms with Crippen LogP contribution in [0.4, 0.5) is 0 Å². The zero-order chi connectivity index (χ0) is 17.1. The van der Waals surface area contributed by atoms with Gasteiger partial charge in [-0.25, -0.2) is 4.79 Å². The van der Waals surface area contributed by atoms with E-state index in [1.165, 1.54) is 12.8 Å². The molecule has 24 heavy (non-hydrogen) atoms. The van der Waals surface area contributed by atoms with Crippen molar-refractivity contribution in [1.82, 2.24) is 0 Å². The first-order chi connectivity index (χ1) is 11.6. The highest BCUT2D eigenvalue weighted by atomic mass is 16.5. The average molecular weight is 332 g/mol. The van der Waals surface area contributed by atoms with E-state index in [9.17, 15) is 15.0 Å². The molecular formula is C20H28O4. The molecule has 2 saturated carbocycles. The minimum Gasteiger partial charge on any atom is -0.507 e. The van der Waals surface area contributed by atoms with Crippen molar-refractivity contribution in [3.05, 3.63) is 22.8 Å². The highest BCUT2D eigenvalue weighted by molar-refractivity contribution is 5.94. The maximum atomic E-state index is 12.0. The number of rotatable bonds is 4. The minimum atomic E-state index is -1.04. The van der Waals surface area contributed by atoms with Gasteiger partial charge in [0.25, 0.3) is 0 Å². The molecule has 2 aliphatic rings. The quantitative estimate of drug-likeness (QED) is 0.796. The first-order valence-corrected chi connectivity index (χ1v) is 9.30. The lowest BCUT2D eigenvalue weighted by atomic mass is 9.78. The summed E-state index contributed by atoms with van der Waals surface area (Å²) in [5.41, 5.74) is 1.56. The molecule has 1 aromatic rings. The summed E-state index contributed by atoms with van der Waals surface area (Å²) in [5, 5.41) is 20.6. The number of ether oxygens (including phenoxy) is 1. The minimum absolute atomic E-state index is 0.0178. The molecule has 4 heteroatoms. The Hall–Kier alpha value is -1.71. The van der Waals surface area contributed by atoms with Gasteiger partial charge in [0, 0.05) is 11.1 Å². The predicted molar refractivity (Wildman–Crippen MR) is 93.3 cm³/mol. The normalized spacial score (nSPS) is 20.0. The number of benzene rings is 1. The largest absolute Gasteiger partial charge is 0.507 e. The van der Waals surface area contributed by atoms with E-state index in [2.05, 4.69) is 0 Å². The van der Waals surface area contributed by atoms with Gasteiger partial charge in [-0.1, -0.05) is 38.5 Å². The molecule has 0 unspecified atom stereocenters. The first-order valence-electron chi connectivity index (χ1n) is 9.30. The van der Waals surface area contributed by atoms with Crippen LogP contribution in [0, 0.1) is 0 Å². The fourth-order valence-electron chi connectivity index (χ4n) is 4.59. The van der Waals surface area contributed by atoms with Crippen LogP contribution in [-0.4, -0.2) is 23.3 Å². The zero-order valence-electron chi connectivity index (χ0n) is 14.5. The standard InChI is InChI=1S/C20H28O4/c1-24-16-12-15(13-8-4-2-5-9-13)19(21)18(20(22)23)17(16)14-10-6-3-7-11-14/h12-14,21H,2-11H2,1H3,(H,22,23). The van der Waals surface area contributed by atoms with Gasteiger partial charge in [-0.3, -0.25) is 0 Å². The van der Waals surface area contributed by atoms with E-state index >= 15 is 0 Å². The molecule has 0 atom stereocenters. The topological polar surface area (TPSA) is 66.8 Å². The summed E-state index contributed by atoms with van der Waals surface area (Å²) in [4.78, 5) is 12.0. The Morgan fingerprint density at radius 3 is 2.04 bits per heavy atom. The van der Waals surface area contributed by atoms with Gasteiger partial charge in [-0.05, 0) is 43.6 Å². The third-order valence-electron chi connectivity index (χ3n) is 5.82. The van der Waals surface area contributed by atoms with Crippen LogP contribution in [0.25, 0.3) is 0 Å². The molecule has 0 spiro atoms. The molecule has 132 valence electrons. The van der Waals surface area contributed by atoms with Gasteiger partial charge in [-0.15, -0.1) is 0 Å². The number of hydrogen-bond acceptors (Lipinski definition) is 3. The monoisotopic (exact) mass is 332 g/mol. The van der Waals surface area contributed by atoms with Gasteiger partial charge in [-0.2, -0.15) is 0 Å². The number of phenols is 1. The van der Waals surface area contributed by atoms with Gasteiger partial charge >= 0.3 is 5.97 Å². The van der Waals surface area contributed by atoms with E-state index in [1.54, 1.807) is 7.11 Å². The second-order valence-corrected chi connectivity index (χ2v) is 7.28. The first kappa shape index (κ1) is 17.1. The molecule has 0 heterocycles. The highest BCUT2D eigenvalue weighted by Crippen LogP contribution is 2.47. The lowest BCUT2D eigenvalue weighted by molar-refractivity contribution is 0.0690. The van der Waals surface area contributed by atoms with Crippen molar-refractivity contribution in [2.75, 3.05) is 7.11 Å². The molecular weight excluding hydrogens is 304 g/mol. The van der Waals surface area contributed by atoms with Crippen LogP contribution < -0.4 is 4.74 Å². The second kappa shape index (κ2) is 7.45. The van der Waals surface area contributed by atoms with E-state index in [0.29, 0.717) is 11.3 Å². The van der Waals surface area contributed by atoms with Crippen LogP contribution in [0.15, 0.2) is 6.07 Å². The SMILES string of the molecule is COc1cc(C2CCCCC2)c(O)c(C(=O)O)c1C1CCCCC1. The molecule has 4 nitrogen and oxygen atoms in total. The molecule has 0 aliphatic heterocycles. The summed E-state index contributed by atoms with van der Waals surface area (Å²) in [6.07, 6.45) is 10.9. The number of methoxy groups -OCH3 is 1. The van der Waals surface area contributed by atoms with Gasteiger partial charge in [0.1, 0.15) is 17.1 Å². The number of aromatic carboxylic acids is 1. The van der Waals surface area contributed by atoms with E-state index in [0.717, 1.165) is 56.9 Å². The van der Waals surface area contributed by atoms with Crippen molar-refractivity contribution in [1.29, 1.82) is 0 Å². The fraction of sp³-hybridized carbons (Fsp3) is 0.650. The number of carboxylic acids is 1. The van der Waals surface area contributed by atoms with Crippen molar-refractivity contribution in [3.8, 4) is 11.5 Å². The summed E-state index contributed by atoms with van der Waals surface area (Å²) in [7, 11) is 1.61. The zero-order valence-corrected chi connectivity index (χ0v) is 14.5. The second-order valence-electron chi connectivity index (χ2n) is 7.28. The van der Waals surface area contributed by atoms with Crippen molar-refractivity contribution in [2.45, 2.75) is 76.0 Å². The predicted octanol–water partition coefficient (Wildman–Crippen LogP) is 5.19. The van der Waals surface area contributed by atoms with E-state index in [1.807, 2.05) is 6.07 Å². The highest BCUT2D eigenvalue weighted by Gasteiger charge is 2.31. The van der Waals surface area contributed by atoms with Crippen molar-refractivity contribution >= 4 is 5.97 Å². The third kappa shape index (κ3) is 3.24. The maximum absolute atomic E-state index is 12.0. The molecule has 2 fully saturated rings. The number of aromatic hydroxyl groups is 1. The van der Waals surface area contributed by atoms with E-state index in [-0.39, 0.29) is 23.1 Å². The van der Waals surface area contributed by atoms with Crippen molar-refractivity contribution in [2.24, 2.45) is 0 Å². The molecule has 3 rings (SSSR count). The molecule has 2 aliphatic carbocycles. The van der Waals surface area contributed by atoms with Crippen LogP contribution in [0.1, 0.15) is 97.5 Å². The molecule has 0 aromatic heterocycles. The van der Waals surface area contributed by atoms with Crippen LogP contribution in [0.2, 0.25) is 0 Å². The summed E-state index contributed by atoms with van der Waals surface area (Å²) in [6, 6.07) is 1.92. The van der Waals surface area contributed by atoms with E-state index < -0.39 is 5.97 Å². The van der Waals surface area contributed by atoms with Gasteiger partial charge in [0.15, 0.2) is 0 Å². The Kier molecular flexibility index (Phi) is 5.32. The molecule has 0 radical (unpaired) electrons. The van der Waals surface area contributed by atoms with Crippen LogP contribution >= 0.6 is 0 Å². The Labute approximate surface area is 143 Å².